The predicted octanol–water partition coefficient (Wildman–Crippen LogP) is 0.451. The molecule has 0 bridgehead atoms. The van der Waals surface area contributed by atoms with Crippen LogP contribution in [0.25, 0.3) is 0 Å². The molecule has 19 heavy (non-hydrogen) atoms. The van der Waals surface area contributed by atoms with Gasteiger partial charge in [-0.1, -0.05) is 0 Å². The normalized spacial score (nSPS) is 30.1. The van der Waals surface area contributed by atoms with Crippen LogP contribution in [0.4, 0.5) is 0 Å². The summed E-state index contributed by atoms with van der Waals surface area (Å²) < 4.78 is 0. The van der Waals surface area contributed by atoms with Crippen LogP contribution in [0, 0.1) is 23.2 Å². The third kappa shape index (κ3) is 3.46. The molecule has 3 unspecified atom stereocenters. The van der Waals surface area contributed by atoms with Gasteiger partial charge in [0.25, 0.3) is 0 Å². The van der Waals surface area contributed by atoms with Crippen molar-refractivity contribution in [2.75, 3.05) is 33.2 Å². The lowest BCUT2D eigenvalue weighted by Gasteiger charge is -2.20. The lowest BCUT2D eigenvalue weighted by atomic mass is 10.00. The molecule has 2 aliphatic rings. The lowest BCUT2D eigenvalue weighted by Crippen LogP contribution is -2.32. The highest BCUT2D eigenvalue weighted by Gasteiger charge is 2.41. The second-order valence-electron chi connectivity index (χ2n) is 5.80. The van der Waals surface area contributed by atoms with Crippen molar-refractivity contribution in [1.82, 2.24) is 9.80 Å². The van der Waals surface area contributed by atoms with Crippen LogP contribution >= 0.6 is 0 Å². The molecule has 3 atom stereocenters. The van der Waals surface area contributed by atoms with Crippen molar-refractivity contribution >= 4 is 5.91 Å². The van der Waals surface area contributed by atoms with E-state index in [4.69, 9.17) is 5.26 Å². The third-order valence-electron chi connectivity index (χ3n) is 4.52. The zero-order valence-electron chi connectivity index (χ0n) is 11.6. The van der Waals surface area contributed by atoms with Gasteiger partial charge in [0.05, 0.1) is 18.6 Å². The molecule has 0 spiro atoms. The Morgan fingerprint density at radius 3 is 2.95 bits per heavy atom. The van der Waals surface area contributed by atoms with E-state index < -0.39 is 0 Å². The van der Waals surface area contributed by atoms with Gasteiger partial charge >= 0.3 is 0 Å². The van der Waals surface area contributed by atoms with Crippen molar-refractivity contribution in [3.05, 3.63) is 0 Å². The quantitative estimate of drug-likeness (QED) is 0.784. The molecule has 1 saturated heterocycles. The second kappa shape index (κ2) is 6.36. The summed E-state index contributed by atoms with van der Waals surface area (Å²) in [6.07, 6.45) is 2.83. The number of amides is 1. The van der Waals surface area contributed by atoms with Crippen LogP contribution < -0.4 is 0 Å². The summed E-state index contributed by atoms with van der Waals surface area (Å²) in [5.41, 5.74) is 0. The van der Waals surface area contributed by atoms with Crippen molar-refractivity contribution in [2.24, 2.45) is 11.8 Å². The molecule has 2 rings (SSSR count). The summed E-state index contributed by atoms with van der Waals surface area (Å²) in [7, 11) is 1.75. The Bertz CT molecular complexity index is 366. The number of hydrogen-bond acceptors (Lipinski definition) is 4. The van der Waals surface area contributed by atoms with E-state index in [9.17, 15) is 9.90 Å². The predicted molar refractivity (Wildman–Crippen MR) is 71.1 cm³/mol. The maximum Gasteiger partial charge on any atom is 0.223 e. The molecule has 0 aromatic heterocycles. The molecule has 2 fully saturated rings. The zero-order valence-corrected chi connectivity index (χ0v) is 11.6. The third-order valence-corrected chi connectivity index (χ3v) is 4.52. The summed E-state index contributed by atoms with van der Waals surface area (Å²) in [6.45, 7) is 3.24. The van der Waals surface area contributed by atoms with Crippen LogP contribution in [-0.2, 0) is 4.79 Å². The molecule has 5 nitrogen and oxygen atoms in total. The number of fused-ring (bicyclic) bond motifs is 1. The fourth-order valence-electron chi connectivity index (χ4n) is 3.30. The van der Waals surface area contributed by atoms with Gasteiger partial charge in [0, 0.05) is 45.6 Å². The number of likely N-dealkylation sites (tertiary alicyclic amines) is 1. The van der Waals surface area contributed by atoms with Crippen LogP contribution in [-0.4, -0.2) is 60.1 Å². The van der Waals surface area contributed by atoms with Gasteiger partial charge in [-0.2, -0.15) is 5.26 Å². The van der Waals surface area contributed by atoms with Crippen LogP contribution in [0.15, 0.2) is 0 Å². The Morgan fingerprint density at radius 2 is 2.26 bits per heavy atom. The number of nitriles is 1. The maximum absolute atomic E-state index is 11.9. The largest absolute Gasteiger partial charge is 0.393 e. The Kier molecular flexibility index (Phi) is 4.78. The highest BCUT2D eigenvalue weighted by Crippen LogP contribution is 2.37. The molecule has 0 aromatic rings. The average Bonchev–Trinajstić information content (AvgIpc) is 2.95. The van der Waals surface area contributed by atoms with E-state index in [-0.39, 0.29) is 12.0 Å². The average molecular weight is 265 g/mol. The van der Waals surface area contributed by atoms with Gasteiger partial charge in [0.15, 0.2) is 0 Å². The molecule has 1 saturated carbocycles. The first-order valence-electron chi connectivity index (χ1n) is 7.13. The van der Waals surface area contributed by atoms with Crippen molar-refractivity contribution < 1.29 is 9.90 Å². The molecule has 0 radical (unpaired) electrons. The number of rotatable bonds is 5. The van der Waals surface area contributed by atoms with Gasteiger partial charge in [-0.3, -0.25) is 4.79 Å². The number of carbonyl (C=O) groups is 1. The molecule has 1 aliphatic heterocycles. The second-order valence-corrected chi connectivity index (χ2v) is 5.80. The number of carbonyl (C=O) groups excluding carboxylic acids is 1. The minimum absolute atomic E-state index is 0.104. The smallest absolute Gasteiger partial charge is 0.223 e. The van der Waals surface area contributed by atoms with E-state index in [1.165, 1.54) is 0 Å². The van der Waals surface area contributed by atoms with Crippen LogP contribution in [0.1, 0.15) is 25.7 Å². The van der Waals surface area contributed by atoms with Crippen molar-refractivity contribution in [1.29, 1.82) is 5.26 Å². The standard InChI is InChI=1S/C14H23N3O2/c1-16(7-2-6-15)14(19)5-8-17-9-11-3-4-13(18)12(11)10-17/h11-13,18H,2-5,7-10H2,1H3. The first kappa shape index (κ1) is 14.3. The first-order valence-corrected chi connectivity index (χ1v) is 7.13. The van der Waals surface area contributed by atoms with Crippen LogP contribution in [0.2, 0.25) is 0 Å². The fraction of sp³-hybridized carbons (Fsp3) is 0.857. The van der Waals surface area contributed by atoms with E-state index in [0.717, 1.165) is 32.5 Å². The number of aliphatic hydroxyl groups is 1. The molecule has 1 heterocycles. The Balaban J connectivity index is 1.69. The van der Waals surface area contributed by atoms with Gasteiger partial charge < -0.3 is 14.9 Å². The molecular formula is C14H23N3O2. The lowest BCUT2D eigenvalue weighted by molar-refractivity contribution is -0.130. The van der Waals surface area contributed by atoms with Crippen molar-refractivity contribution in [3.63, 3.8) is 0 Å². The Morgan fingerprint density at radius 1 is 1.47 bits per heavy atom. The maximum atomic E-state index is 11.9. The summed E-state index contributed by atoms with van der Waals surface area (Å²) in [5.74, 6) is 1.15. The minimum atomic E-state index is -0.135. The number of nitrogens with zero attached hydrogens (tertiary/aromatic N) is 3. The zero-order chi connectivity index (χ0) is 13.8. The highest BCUT2D eigenvalue weighted by atomic mass is 16.3. The minimum Gasteiger partial charge on any atom is -0.393 e. The molecule has 5 heteroatoms. The molecule has 1 aliphatic carbocycles. The summed E-state index contributed by atoms with van der Waals surface area (Å²) in [6, 6.07) is 2.05. The summed E-state index contributed by atoms with van der Waals surface area (Å²) in [4.78, 5) is 15.8. The molecule has 0 aromatic carbocycles. The first-order chi connectivity index (χ1) is 9.11. The van der Waals surface area contributed by atoms with E-state index in [0.29, 0.717) is 31.2 Å². The van der Waals surface area contributed by atoms with Gasteiger partial charge in [-0.05, 0) is 18.8 Å². The van der Waals surface area contributed by atoms with E-state index in [1.807, 2.05) is 0 Å². The Labute approximate surface area is 114 Å². The molecule has 1 N–H and O–H groups in total. The van der Waals surface area contributed by atoms with E-state index >= 15 is 0 Å². The number of hydrogen-bond donors (Lipinski definition) is 1. The van der Waals surface area contributed by atoms with E-state index in [1.54, 1.807) is 11.9 Å². The van der Waals surface area contributed by atoms with Gasteiger partial charge in [-0.15, -0.1) is 0 Å². The van der Waals surface area contributed by atoms with Gasteiger partial charge in [0.2, 0.25) is 5.91 Å². The topological polar surface area (TPSA) is 67.6 Å². The SMILES string of the molecule is CN(CCC#N)C(=O)CCN1CC2CCC(O)C2C1. The monoisotopic (exact) mass is 265 g/mol. The van der Waals surface area contributed by atoms with Crippen molar-refractivity contribution in [2.45, 2.75) is 31.8 Å². The Hall–Kier alpha value is -1.12. The van der Waals surface area contributed by atoms with Gasteiger partial charge in [0.1, 0.15) is 0 Å². The van der Waals surface area contributed by atoms with Crippen LogP contribution in [0.3, 0.4) is 0 Å². The summed E-state index contributed by atoms with van der Waals surface area (Å²) >= 11 is 0. The van der Waals surface area contributed by atoms with Crippen molar-refractivity contribution in [3.8, 4) is 6.07 Å². The molecular weight excluding hydrogens is 242 g/mol. The van der Waals surface area contributed by atoms with E-state index in [2.05, 4.69) is 11.0 Å². The fourth-order valence-corrected chi connectivity index (χ4v) is 3.30. The van der Waals surface area contributed by atoms with Crippen LogP contribution in [0.5, 0.6) is 0 Å². The molecule has 1 amide bonds. The molecule has 106 valence electrons. The van der Waals surface area contributed by atoms with Gasteiger partial charge in [-0.25, -0.2) is 0 Å². The highest BCUT2D eigenvalue weighted by molar-refractivity contribution is 5.76. The number of aliphatic hydroxyl groups excluding tert-OH is 1. The summed E-state index contributed by atoms with van der Waals surface area (Å²) in [5, 5.41) is 18.3.